The van der Waals surface area contributed by atoms with Crippen LogP contribution in [0.3, 0.4) is 0 Å². The Kier molecular flexibility index (Phi) is 6.65. The molecule has 0 radical (unpaired) electrons. The third-order valence-corrected chi connectivity index (χ3v) is 6.14. The summed E-state index contributed by atoms with van der Waals surface area (Å²) < 4.78 is 57.0. The van der Waals surface area contributed by atoms with E-state index in [1.807, 2.05) is 6.92 Å². The molecule has 3 aromatic rings. The van der Waals surface area contributed by atoms with Crippen molar-refractivity contribution < 1.29 is 17.6 Å². The highest BCUT2D eigenvalue weighted by molar-refractivity contribution is 5.48. The molecule has 0 saturated carbocycles. The van der Waals surface area contributed by atoms with Gasteiger partial charge in [0.1, 0.15) is 11.6 Å². The average molecular weight is 436 g/mol. The second kappa shape index (κ2) is 9.61. The van der Waals surface area contributed by atoms with Crippen LogP contribution in [0.4, 0.5) is 17.6 Å². The van der Waals surface area contributed by atoms with Crippen LogP contribution < -0.4 is 0 Å². The molecule has 4 rings (SSSR count). The lowest BCUT2D eigenvalue weighted by atomic mass is 9.79. The van der Waals surface area contributed by atoms with Crippen molar-refractivity contribution in [3.8, 4) is 11.8 Å². The van der Waals surface area contributed by atoms with Crippen molar-refractivity contribution in [2.45, 2.75) is 51.4 Å². The molecule has 0 aliphatic heterocycles. The first-order valence-corrected chi connectivity index (χ1v) is 11.0. The van der Waals surface area contributed by atoms with Crippen LogP contribution in [0.2, 0.25) is 0 Å². The number of hydrogen-bond donors (Lipinski definition) is 0. The van der Waals surface area contributed by atoms with Crippen molar-refractivity contribution in [1.29, 1.82) is 0 Å². The Morgan fingerprint density at radius 2 is 1.66 bits per heavy atom. The zero-order valence-electron chi connectivity index (χ0n) is 18.0. The SMILES string of the molecule is CCCCc1ccc(C2CCc3cc(C#Cc4ccc(F)cc4)c(F)cc3C2)c(F)c1F. The topological polar surface area (TPSA) is 0 Å². The molecule has 0 nitrogen and oxygen atoms in total. The van der Waals surface area contributed by atoms with Gasteiger partial charge in [0, 0.05) is 5.56 Å². The molecule has 4 heteroatoms. The molecule has 3 aromatic carbocycles. The Labute approximate surface area is 186 Å². The van der Waals surface area contributed by atoms with Crippen LogP contribution >= 0.6 is 0 Å². The second-order valence-corrected chi connectivity index (χ2v) is 8.34. The van der Waals surface area contributed by atoms with Gasteiger partial charge in [-0.1, -0.05) is 37.3 Å². The van der Waals surface area contributed by atoms with Crippen LogP contribution in [-0.4, -0.2) is 0 Å². The van der Waals surface area contributed by atoms with E-state index in [0.717, 1.165) is 24.0 Å². The van der Waals surface area contributed by atoms with Gasteiger partial charge in [-0.05, 0) is 96.7 Å². The number of hydrogen-bond acceptors (Lipinski definition) is 0. The Bertz CT molecular complexity index is 1180. The van der Waals surface area contributed by atoms with Gasteiger partial charge < -0.3 is 0 Å². The normalized spacial score (nSPS) is 15.1. The monoisotopic (exact) mass is 436 g/mol. The standard InChI is InChI=1S/C28H24F4/c1-2-3-4-19-11-14-25(28(32)27(19)31)21-10-9-20-15-22(26(30)17-23(20)16-21)8-5-18-6-12-24(29)13-7-18/h6-7,11-15,17,21H,2-4,9-10,16H2,1H3. The molecule has 0 saturated heterocycles. The molecule has 0 spiro atoms. The number of fused-ring (bicyclic) bond motifs is 1. The highest BCUT2D eigenvalue weighted by Crippen LogP contribution is 2.36. The van der Waals surface area contributed by atoms with Gasteiger partial charge in [-0.25, -0.2) is 17.6 Å². The number of unbranched alkanes of at least 4 members (excludes halogenated alkanes) is 1. The van der Waals surface area contributed by atoms with Crippen LogP contribution in [-0.2, 0) is 19.3 Å². The van der Waals surface area contributed by atoms with Gasteiger partial charge in [-0.3, -0.25) is 0 Å². The highest BCUT2D eigenvalue weighted by Gasteiger charge is 2.26. The van der Waals surface area contributed by atoms with Crippen LogP contribution in [0.5, 0.6) is 0 Å². The minimum absolute atomic E-state index is 0.187. The fraction of sp³-hybridized carbons (Fsp3) is 0.286. The van der Waals surface area contributed by atoms with Gasteiger partial charge in [-0.15, -0.1) is 0 Å². The van der Waals surface area contributed by atoms with E-state index >= 15 is 0 Å². The molecule has 0 aromatic heterocycles. The lowest BCUT2D eigenvalue weighted by Gasteiger charge is -2.26. The third kappa shape index (κ3) is 4.72. The van der Waals surface area contributed by atoms with Crippen molar-refractivity contribution in [2.24, 2.45) is 0 Å². The second-order valence-electron chi connectivity index (χ2n) is 8.34. The average Bonchev–Trinajstić information content (AvgIpc) is 2.79. The molecule has 0 amide bonds. The fourth-order valence-corrected chi connectivity index (χ4v) is 4.29. The van der Waals surface area contributed by atoms with Gasteiger partial charge in [0.25, 0.3) is 0 Å². The Balaban J connectivity index is 1.56. The van der Waals surface area contributed by atoms with E-state index < -0.39 is 17.5 Å². The maximum atomic E-state index is 14.8. The predicted molar refractivity (Wildman–Crippen MR) is 119 cm³/mol. The van der Waals surface area contributed by atoms with E-state index in [1.165, 1.54) is 18.2 Å². The molecule has 1 unspecified atom stereocenters. The van der Waals surface area contributed by atoms with E-state index in [9.17, 15) is 17.6 Å². The summed E-state index contributed by atoms with van der Waals surface area (Å²) in [5, 5.41) is 0. The molecule has 1 aliphatic rings. The number of benzene rings is 3. The smallest absolute Gasteiger partial charge is 0.162 e. The van der Waals surface area contributed by atoms with Gasteiger partial charge >= 0.3 is 0 Å². The first-order valence-electron chi connectivity index (χ1n) is 11.0. The maximum absolute atomic E-state index is 14.8. The maximum Gasteiger partial charge on any atom is 0.162 e. The van der Waals surface area contributed by atoms with Crippen LogP contribution in [0.1, 0.15) is 65.5 Å². The number of aryl methyl sites for hydroxylation is 2. The summed E-state index contributed by atoms with van der Waals surface area (Å²) in [5.41, 5.74) is 3.45. The molecule has 32 heavy (non-hydrogen) atoms. The van der Waals surface area contributed by atoms with Crippen molar-refractivity contribution >= 4 is 0 Å². The van der Waals surface area contributed by atoms with Crippen LogP contribution in [0, 0.1) is 35.1 Å². The molecular formula is C28H24F4. The van der Waals surface area contributed by atoms with Crippen molar-refractivity contribution in [1.82, 2.24) is 0 Å². The summed E-state index contributed by atoms with van der Waals surface area (Å²) in [5.74, 6) is 3.18. The molecule has 1 aliphatic carbocycles. The minimum Gasteiger partial charge on any atom is -0.207 e. The van der Waals surface area contributed by atoms with E-state index in [4.69, 9.17) is 0 Å². The molecule has 164 valence electrons. The predicted octanol–water partition coefficient (Wildman–Crippen LogP) is 7.26. The summed E-state index contributed by atoms with van der Waals surface area (Å²) in [7, 11) is 0. The zero-order valence-corrected chi connectivity index (χ0v) is 18.0. The Hall–Kier alpha value is -3.06. The van der Waals surface area contributed by atoms with E-state index in [0.29, 0.717) is 42.4 Å². The summed E-state index contributed by atoms with van der Waals surface area (Å²) in [6.45, 7) is 2.01. The summed E-state index contributed by atoms with van der Waals surface area (Å²) in [4.78, 5) is 0. The molecule has 0 bridgehead atoms. The van der Waals surface area contributed by atoms with E-state index in [2.05, 4.69) is 11.8 Å². The molecule has 0 fully saturated rings. The van der Waals surface area contributed by atoms with Crippen LogP contribution in [0.15, 0.2) is 48.5 Å². The fourth-order valence-electron chi connectivity index (χ4n) is 4.29. The minimum atomic E-state index is -0.769. The quantitative estimate of drug-likeness (QED) is 0.298. The first-order chi connectivity index (χ1) is 15.5. The first kappa shape index (κ1) is 22.1. The number of halogens is 4. The van der Waals surface area contributed by atoms with E-state index in [1.54, 1.807) is 30.3 Å². The zero-order chi connectivity index (χ0) is 22.7. The highest BCUT2D eigenvalue weighted by atomic mass is 19.2. The molecule has 0 heterocycles. The van der Waals surface area contributed by atoms with Gasteiger partial charge in [0.2, 0.25) is 0 Å². The van der Waals surface area contributed by atoms with E-state index in [-0.39, 0.29) is 17.3 Å². The summed E-state index contributed by atoms with van der Waals surface area (Å²) in [6, 6.07) is 12.3. The molecular weight excluding hydrogens is 412 g/mol. The van der Waals surface area contributed by atoms with Crippen molar-refractivity contribution in [2.75, 3.05) is 0 Å². The number of rotatable bonds is 4. The van der Waals surface area contributed by atoms with Crippen molar-refractivity contribution in [3.05, 3.63) is 105 Å². The van der Waals surface area contributed by atoms with Gasteiger partial charge in [0.05, 0.1) is 5.56 Å². The lowest BCUT2D eigenvalue weighted by Crippen LogP contribution is -2.16. The van der Waals surface area contributed by atoms with Gasteiger partial charge in [-0.2, -0.15) is 0 Å². The molecule has 0 N–H and O–H groups in total. The van der Waals surface area contributed by atoms with Crippen molar-refractivity contribution in [3.63, 3.8) is 0 Å². The largest absolute Gasteiger partial charge is 0.207 e. The Morgan fingerprint density at radius 3 is 2.41 bits per heavy atom. The third-order valence-electron chi connectivity index (χ3n) is 6.14. The Morgan fingerprint density at radius 1 is 0.875 bits per heavy atom. The lowest BCUT2D eigenvalue weighted by molar-refractivity contribution is 0.466. The summed E-state index contributed by atoms with van der Waals surface area (Å²) in [6.07, 6.45) is 4.03. The van der Waals surface area contributed by atoms with Crippen LogP contribution in [0.25, 0.3) is 0 Å². The van der Waals surface area contributed by atoms with Gasteiger partial charge in [0.15, 0.2) is 11.6 Å². The summed E-state index contributed by atoms with van der Waals surface area (Å²) >= 11 is 0. The molecule has 1 atom stereocenters.